The molecule has 0 aliphatic carbocycles. The molecule has 0 aromatic heterocycles. The average molecular weight is 226 g/mol. The number of unbranched alkanes of at least 4 members (excludes halogenated alkanes) is 2. The molecule has 0 unspecified atom stereocenters. The predicted octanol–water partition coefficient (Wildman–Crippen LogP) is 2.82. The van der Waals surface area contributed by atoms with E-state index in [2.05, 4.69) is 24.8 Å². The average Bonchev–Trinajstić information content (AvgIpc) is 2.31. The number of nitriles is 1. The summed E-state index contributed by atoms with van der Waals surface area (Å²) >= 11 is 0. The molecule has 0 aromatic carbocycles. The Morgan fingerprint density at radius 1 is 1.19 bits per heavy atom. The van der Waals surface area contributed by atoms with Crippen LogP contribution in [0.25, 0.3) is 0 Å². The molecule has 3 heteroatoms. The Morgan fingerprint density at radius 2 is 1.88 bits per heavy atom. The number of hydrogen-bond donors (Lipinski definition) is 0. The quantitative estimate of drug-likeness (QED) is 0.537. The molecule has 0 heterocycles. The van der Waals surface area contributed by atoms with Gasteiger partial charge >= 0.3 is 0 Å². The molecule has 0 spiro atoms. The molecule has 0 atom stereocenters. The van der Waals surface area contributed by atoms with E-state index in [0.717, 1.165) is 32.5 Å². The third-order valence-electron chi connectivity index (χ3n) is 3.03. The number of methoxy groups -OCH3 is 1. The first-order valence-electron chi connectivity index (χ1n) is 6.40. The van der Waals surface area contributed by atoms with E-state index >= 15 is 0 Å². The topological polar surface area (TPSA) is 36.3 Å². The van der Waals surface area contributed by atoms with Crippen molar-refractivity contribution in [1.82, 2.24) is 4.90 Å². The van der Waals surface area contributed by atoms with Gasteiger partial charge in [-0.25, -0.2) is 0 Å². The fourth-order valence-corrected chi connectivity index (χ4v) is 2.01. The summed E-state index contributed by atoms with van der Waals surface area (Å²) < 4.78 is 5.14. The largest absolute Gasteiger partial charge is 0.383 e. The molecule has 0 amide bonds. The van der Waals surface area contributed by atoms with E-state index in [0.29, 0.717) is 12.5 Å². The summed E-state index contributed by atoms with van der Waals surface area (Å²) in [5, 5.41) is 8.49. The molecular formula is C13H26N2O. The molecule has 0 rings (SSSR count). The lowest BCUT2D eigenvalue weighted by Gasteiger charge is -2.30. The fraction of sp³-hybridized carbons (Fsp3) is 0.923. The maximum absolute atomic E-state index is 8.49. The van der Waals surface area contributed by atoms with Crippen molar-refractivity contribution in [2.75, 3.05) is 26.8 Å². The SMILES string of the molecule is CCC(CC)N(CCCCC#N)CCOC. The van der Waals surface area contributed by atoms with Gasteiger partial charge in [0, 0.05) is 26.1 Å². The third-order valence-corrected chi connectivity index (χ3v) is 3.03. The zero-order chi connectivity index (χ0) is 12.2. The summed E-state index contributed by atoms with van der Waals surface area (Å²) in [5.41, 5.74) is 0. The minimum Gasteiger partial charge on any atom is -0.383 e. The summed E-state index contributed by atoms with van der Waals surface area (Å²) in [5.74, 6) is 0. The fourth-order valence-electron chi connectivity index (χ4n) is 2.01. The molecule has 16 heavy (non-hydrogen) atoms. The van der Waals surface area contributed by atoms with Crippen molar-refractivity contribution in [3.63, 3.8) is 0 Å². The van der Waals surface area contributed by atoms with Crippen LogP contribution >= 0.6 is 0 Å². The Kier molecular flexibility index (Phi) is 10.5. The van der Waals surface area contributed by atoms with Crippen molar-refractivity contribution in [3.05, 3.63) is 0 Å². The Bertz CT molecular complexity index is 185. The van der Waals surface area contributed by atoms with E-state index in [1.54, 1.807) is 7.11 Å². The van der Waals surface area contributed by atoms with Crippen LogP contribution < -0.4 is 0 Å². The summed E-state index contributed by atoms with van der Waals surface area (Å²) in [6, 6.07) is 2.86. The Labute approximate surface area is 100 Å². The van der Waals surface area contributed by atoms with Crippen molar-refractivity contribution >= 4 is 0 Å². The number of hydrogen-bond acceptors (Lipinski definition) is 3. The maximum atomic E-state index is 8.49. The highest BCUT2D eigenvalue weighted by molar-refractivity contribution is 4.72. The first kappa shape index (κ1) is 15.4. The molecule has 0 fully saturated rings. The zero-order valence-electron chi connectivity index (χ0n) is 11.0. The smallest absolute Gasteiger partial charge is 0.0621 e. The van der Waals surface area contributed by atoms with E-state index in [4.69, 9.17) is 10.00 Å². The number of rotatable bonds is 10. The first-order chi connectivity index (χ1) is 7.79. The lowest BCUT2D eigenvalue weighted by atomic mass is 10.1. The van der Waals surface area contributed by atoms with Gasteiger partial charge in [-0.1, -0.05) is 13.8 Å². The van der Waals surface area contributed by atoms with E-state index in [1.807, 2.05) is 0 Å². The van der Waals surface area contributed by atoms with Crippen LogP contribution in [-0.4, -0.2) is 37.7 Å². The van der Waals surface area contributed by atoms with Crippen molar-refractivity contribution < 1.29 is 4.74 Å². The highest BCUT2D eigenvalue weighted by Gasteiger charge is 2.13. The minimum absolute atomic E-state index is 0.664. The summed E-state index contributed by atoms with van der Waals surface area (Å²) in [4.78, 5) is 2.50. The van der Waals surface area contributed by atoms with Gasteiger partial charge in [0.1, 0.15) is 0 Å². The lowest BCUT2D eigenvalue weighted by molar-refractivity contribution is 0.114. The molecule has 0 aromatic rings. The monoisotopic (exact) mass is 226 g/mol. The highest BCUT2D eigenvalue weighted by atomic mass is 16.5. The summed E-state index contributed by atoms with van der Waals surface area (Å²) in [7, 11) is 1.75. The van der Waals surface area contributed by atoms with Crippen LogP contribution in [-0.2, 0) is 4.74 Å². The molecule has 0 saturated carbocycles. The minimum atomic E-state index is 0.664. The number of ether oxygens (including phenoxy) is 1. The van der Waals surface area contributed by atoms with Crippen LogP contribution in [0.3, 0.4) is 0 Å². The van der Waals surface area contributed by atoms with Gasteiger partial charge in [0.15, 0.2) is 0 Å². The second kappa shape index (κ2) is 10.9. The second-order valence-electron chi connectivity index (χ2n) is 4.11. The van der Waals surface area contributed by atoms with Crippen molar-refractivity contribution in [2.24, 2.45) is 0 Å². The summed E-state index contributed by atoms with van der Waals surface area (Å²) in [6.07, 6.45) is 5.20. The van der Waals surface area contributed by atoms with Crippen LogP contribution in [0.1, 0.15) is 46.0 Å². The Hall–Kier alpha value is -0.590. The van der Waals surface area contributed by atoms with Gasteiger partial charge < -0.3 is 4.74 Å². The zero-order valence-corrected chi connectivity index (χ0v) is 11.0. The van der Waals surface area contributed by atoms with Crippen LogP contribution in [0, 0.1) is 11.3 Å². The van der Waals surface area contributed by atoms with Crippen molar-refractivity contribution in [1.29, 1.82) is 5.26 Å². The molecule has 0 radical (unpaired) electrons. The highest BCUT2D eigenvalue weighted by Crippen LogP contribution is 2.10. The first-order valence-corrected chi connectivity index (χ1v) is 6.40. The van der Waals surface area contributed by atoms with Crippen molar-refractivity contribution in [3.8, 4) is 6.07 Å². The molecule has 0 saturated heterocycles. The summed E-state index contributed by atoms with van der Waals surface area (Å²) in [6.45, 7) is 7.38. The van der Waals surface area contributed by atoms with Crippen LogP contribution in [0.5, 0.6) is 0 Å². The van der Waals surface area contributed by atoms with Gasteiger partial charge in [-0.15, -0.1) is 0 Å². The van der Waals surface area contributed by atoms with E-state index < -0.39 is 0 Å². The van der Waals surface area contributed by atoms with Gasteiger partial charge in [0.05, 0.1) is 12.7 Å². The van der Waals surface area contributed by atoms with E-state index in [1.165, 1.54) is 12.8 Å². The van der Waals surface area contributed by atoms with Gasteiger partial charge in [-0.2, -0.15) is 5.26 Å². The third kappa shape index (κ3) is 6.81. The van der Waals surface area contributed by atoms with Crippen LogP contribution in [0.2, 0.25) is 0 Å². The molecule has 0 N–H and O–H groups in total. The van der Waals surface area contributed by atoms with Crippen molar-refractivity contribution in [2.45, 2.75) is 52.0 Å². The molecule has 0 bridgehead atoms. The van der Waals surface area contributed by atoms with Crippen LogP contribution in [0.15, 0.2) is 0 Å². The van der Waals surface area contributed by atoms with Gasteiger partial charge in [-0.3, -0.25) is 4.90 Å². The molecule has 94 valence electrons. The maximum Gasteiger partial charge on any atom is 0.0621 e. The number of nitrogens with zero attached hydrogens (tertiary/aromatic N) is 2. The Morgan fingerprint density at radius 3 is 2.38 bits per heavy atom. The lowest BCUT2D eigenvalue weighted by Crippen LogP contribution is -2.37. The standard InChI is InChI=1S/C13H26N2O/c1-4-13(5-2)15(11-12-16-3)10-8-6-7-9-14/h13H,4-8,10-12H2,1-3H3. The van der Waals surface area contributed by atoms with E-state index in [9.17, 15) is 0 Å². The molecule has 0 aliphatic heterocycles. The molecule has 3 nitrogen and oxygen atoms in total. The predicted molar refractivity (Wildman–Crippen MR) is 67.3 cm³/mol. The van der Waals surface area contributed by atoms with Crippen LogP contribution in [0.4, 0.5) is 0 Å². The molecular weight excluding hydrogens is 200 g/mol. The Balaban J connectivity index is 3.93. The van der Waals surface area contributed by atoms with Gasteiger partial charge in [0.2, 0.25) is 0 Å². The van der Waals surface area contributed by atoms with Gasteiger partial charge in [-0.05, 0) is 32.2 Å². The second-order valence-corrected chi connectivity index (χ2v) is 4.11. The van der Waals surface area contributed by atoms with E-state index in [-0.39, 0.29) is 0 Å². The normalized spacial score (nSPS) is 11.0. The molecule has 0 aliphatic rings. The van der Waals surface area contributed by atoms with Gasteiger partial charge in [0.25, 0.3) is 0 Å².